The second-order valence-corrected chi connectivity index (χ2v) is 4.78. The van der Waals surface area contributed by atoms with Gasteiger partial charge in [-0.2, -0.15) is 0 Å². The van der Waals surface area contributed by atoms with E-state index in [-0.39, 0.29) is 0 Å². The molecule has 0 N–H and O–H groups in total. The van der Waals surface area contributed by atoms with Crippen molar-refractivity contribution in [1.82, 2.24) is 4.57 Å². The highest BCUT2D eigenvalue weighted by molar-refractivity contribution is 5.74. The van der Waals surface area contributed by atoms with Gasteiger partial charge in [-0.25, -0.2) is 0 Å². The van der Waals surface area contributed by atoms with E-state index in [4.69, 9.17) is 0 Å². The fourth-order valence-electron chi connectivity index (χ4n) is 2.10. The lowest BCUT2D eigenvalue weighted by molar-refractivity contribution is 0.112. The molecular formula is C15H25NO. The molecule has 0 saturated carbocycles. The third-order valence-corrected chi connectivity index (χ3v) is 3.18. The molecule has 0 aromatic carbocycles. The molecule has 1 heterocycles. The van der Waals surface area contributed by atoms with Gasteiger partial charge in [0.25, 0.3) is 0 Å². The van der Waals surface area contributed by atoms with Crippen molar-refractivity contribution >= 4 is 6.29 Å². The first-order valence-corrected chi connectivity index (χ1v) is 6.97. The summed E-state index contributed by atoms with van der Waals surface area (Å²) in [6.45, 7) is 3.30. The van der Waals surface area contributed by atoms with E-state index in [2.05, 4.69) is 11.5 Å². The molecule has 0 atom stereocenters. The van der Waals surface area contributed by atoms with Gasteiger partial charge in [0.05, 0.1) is 0 Å². The van der Waals surface area contributed by atoms with E-state index in [1.54, 1.807) is 0 Å². The third kappa shape index (κ3) is 6.30. The second-order valence-electron chi connectivity index (χ2n) is 4.78. The first-order valence-electron chi connectivity index (χ1n) is 6.97. The van der Waals surface area contributed by atoms with Crippen molar-refractivity contribution < 1.29 is 4.79 Å². The van der Waals surface area contributed by atoms with Gasteiger partial charge in [-0.1, -0.05) is 51.9 Å². The number of hydrogen-bond acceptors (Lipinski definition) is 1. The van der Waals surface area contributed by atoms with Gasteiger partial charge >= 0.3 is 0 Å². The summed E-state index contributed by atoms with van der Waals surface area (Å²) >= 11 is 0. The molecule has 0 saturated heterocycles. The van der Waals surface area contributed by atoms with Crippen LogP contribution >= 0.6 is 0 Å². The van der Waals surface area contributed by atoms with E-state index in [1.165, 1.54) is 51.4 Å². The van der Waals surface area contributed by atoms with Gasteiger partial charge in [-0.3, -0.25) is 4.79 Å². The van der Waals surface area contributed by atoms with Crippen LogP contribution in [-0.4, -0.2) is 10.9 Å². The van der Waals surface area contributed by atoms with Gasteiger partial charge in [0.2, 0.25) is 0 Å². The highest BCUT2D eigenvalue weighted by Crippen LogP contribution is 2.09. The van der Waals surface area contributed by atoms with Gasteiger partial charge in [-0.15, -0.1) is 0 Å². The number of aryl methyl sites for hydroxylation is 1. The van der Waals surface area contributed by atoms with Crippen molar-refractivity contribution in [2.75, 3.05) is 0 Å². The minimum Gasteiger partial charge on any atom is -0.354 e. The molecule has 0 fully saturated rings. The molecule has 1 rings (SSSR count). The predicted molar refractivity (Wildman–Crippen MR) is 72.4 cm³/mol. The number of carbonyl (C=O) groups excluding carboxylic acids is 1. The van der Waals surface area contributed by atoms with E-state index in [9.17, 15) is 4.79 Å². The molecule has 96 valence electrons. The summed E-state index contributed by atoms with van der Waals surface area (Å²) in [5.41, 5.74) is 0.782. The molecular weight excluding hydrogens is 210 g/mol. The first kappa shape index (κ1) is 14.0. The zero-order valence-corrected chi connectivity index (χ0v) is 11.0. The number of rotatable bonds is 10. The Morgan fingerprint density at radius 3 is 2.29 bits per heavy atom. The van der Waals surface area contributed by atoms with Gasteiger partial charge in [-0.05, 0) is 12.5 Å². The Morgan fingerprint density at radius 2 is 1.71 bits per heavy atom. The first-order chi connectivity index (χ1) is 8.36. The lowest BCUT2D eigenvalue weighted by Crippen LogP contribution is -1.94. The largest absolute Gasteiger partial charge is 0.354 e. The van der Waals surface area contributed by atoms with Crippen molar-refractivity contribution in [1.29, 1.82) is 0 Å². The van der Waals surface area contributed by atoms with Crippen molar-refractivity contribution in [3.8, 4) is 0 Å². The Hall–Kier alpha value is -1.05. The molecule has 1 aromatic heterocycles. The van der Waals surface area contributed by atoms with Crippen LogP contribution in [0, 0.1) is 0 Å². The zero-order chi connectivity index (χ0) is 12.3. The maximum atomic E-state index is 10.5. The zero-order valence-electron chi connectivity index (χ0n) is 11.0. The summed E-state index contributed by atoms with van der Waals surface area (Å²) in [6, 6.07) is 1.87. The Labute approximate surface area is 105 Å². The molecule has 0 aliphatic carbocycles. The molecule has 17 heavy (non-hydrogen) atoms. The number of hydrogen-bond donors (Lipinski definition) is 0. The van der Waals surface area contributed by atoms with Crippen LogP contribution in [0.5, 0.6) is 0 Å². The maximum Gasteiger partial charge on any atom is 0.151 e. The highest BCUT2D eigenvalue weighted by Gasteiger charge is 1.95. The van der Waals surface area contributed by atoms with Gasteiger partial charge < -0.3 is 4.57 Å². The monoisotopic (exact) mass is 235 g/mol. The highest BCUT2D eigenvalue weighted by atomic mass is 16.1. The quantitative estimate of drug-likeness (QED) is 0.434. The molecule has 0 spiro atoms. The maximum absolute atomic E-state index is 10.5. The van der Waals surface area contributed by atoms with Crippen molar-refractivity contribution in [2.45, 2.75) is 64.8 Å². The third-order valence-electron chi connectivity index (χ3n) is 3.18. The second kappa shape index (κ2) is 9.03. The lowest BCUT2D eigenvalue weighted by atomic mass is 10.1. The van der Waals surface area contributed by atoms with Crippen LogP contribution in [0.2, 0.25) is 0 Å². The van der Waals surface area contributed by atoms with Crippen molar-refractivity contribution in [2.24, 2.45) is 0 Å². The number of aromatic nitrogens is 1. The van der Waals surface area contributed by atoms with Crippen LogP contribution in [0.25, 0.3) is 0 Å². The normalized spacial score (nSPS) is 10.6. The Kier molecular flexibility index (Phi) is 7.44. The molecule has 2 nitrogen and oxygen atoms in total. The molecule has 0 aliphatic heterocycles. The summed E-state index contributed by atoms with van der Waals surface area (Å²) in [6.07, 6.45) is 15.6. The van der Waals surface area contributed by atoms with E-state index >= 15 is 0 Å². The fraction of sp³-hybridized carbons (Fsp3) is 0.667. The average Bonchev–Trinajstić information content (AvgIpc) is 2.80. The predicted octanol–water partition coefficient (Wildman–Crippen LogP) is 4.44. The Bertz CT molecular complexity index is 304. The number of aldehydes is 1. The van der Waals surface area contributed by atoms with Gasteiger partial charge in [0.1, 0.15) is 0 Å². The van der Waals surface area contributed by atoms with E-state index in [1.807, 2.05) is 18.5 Å². The molecule has 2 heteroatoms. The van der Waals surface area contributed by atoms with Crippen molar-refractivity contribution in [3.63, 3.8) is 0 Å². The molecule has 0 bridgehead atoms. The van der Waals surface area contributed by atoms with E-state index in [0.717, 1.165) is 18.4 Å². The van der Waals surface area contributed by atoms with E-state index in [0.29, 0.717) is 0 Å². The summed E-state index contributed by atoms with van der Waals surface area (Å²) in [4.78, 5) is 10.5. The average molecular weight is 235 g/mol. The molecule has 0 aliphatic rings. The summed E-state index contributed by atoms with van der Waals surface area (Å²) in [5.74, 6) is 0. The van der Waals surface area contributed by atoms with Crippen LogP contribution in [0.15, 0.2) is 18.5 Å². The molecule has 0 amide bonds. The molecule has 0 unspecified atom stereocenters. The summed E-state index contributed by atoms with van der Waals surface area (Å²) in [5, 5.41) is 0. The Morgan fingerprint density at radius 1 is 1.06 bits per heavy atom. The number of unbranched alkanes of at least 4 members (excludes halogenated alkanes) is 7. The lowest BCUT2D eigenvalue weighted by Gasteiger charge is -2.03. The Balaban J connectivity index is 1.95. The van der Waals surface area contributed by atoms with Gasteiger partial charge in [0, 0.05) is 24.5 Å². The van der Waals surface area contributed by atoms with Crippen LogP contribution in [0.1, 0.15) is 68.6 Å². The van der Waals surface area contributed by atoms with E-state index < -0.39 is 0 Å². The van der Waals surface area contributed by atoms with Crippen molar-refractivity contribution in [3.05, 3.63) is 24.0 Å². The smallest absolute Gasteiger partial charge is 0.151 e. The number of carbonyl (C=O) groups is 1. The topological polar surface area (TPSA) is 22.0 Å². The minimum absolute atomic E-state index is 0.782. The number of nitrogens with zero attached hydrogens (tertiary/aromatic N) is 1. The fourth-order valence-corrected chi connectivity index (χ4v) is 2.10. The van der Waals surface area contributed by atoms with Crippen LogP contribution in [0.4, 0.5) is 0 Å². The van der Waals surface area contributed by atoms with Gasteiger partial charge in [0.15, 0.2) is 6.29 Å². The standard InChI is InChI=1S/C15H25NO/c1-2-3-4-5-6-7-8-9-11-16-12-10-15(13-16)14-17/h10,12-14H,2-9,11H2,1H3. The summed E-state index contributed by atoms with van der Waals surface area (Å²) < 4.78 is 2.11. The van der Waals surface area contributed by atoms with Crippen LogP contribution in [-0.2, 0) is 6.54 Å². The summed E-state index contributed by atoms with van der Waals surface area (Å²) in [7, 11) is 0. The SMILES string of the molecule is CCCCCCCCCCn1ccc(C=O)c1. The molecule has 1 aromatic rings. The van der Waals surface area contributed by atoms with Crippen LogP contribution in [0.3, 0.4) is 0 Å². The molecule has 0 radical (unpaired) electrons. The van der Waals surface area contributed by atoms with Crippen LogP contribution < -0.4 is 0 Å². The minimum atomic E-state index is 0.782.